The lowest BCUT2D eigenvalue weighted by Gasteiger charge is -2.10. The first kappa shape index (κ1) is 12.0. The molecule has 0 atom stereocenters. The van der Waals surface area contributed by atoms with E-state index in [0.29, 0.717) is 16.7 Å². The summed E-state index contributed by atoms with van der Waals surface area (Å²) >= 11 is 5.91. The van der Waals surface area contributed by atoms with Crippen LogP contribution in [0.4, 0.5) is 0 Å². The smallest absolute Gasteiger partial charge is 0.176 e. The van der Waals surface area contributed by atoms with Crippen molar-refractivity contribution in [3.63, 3.8) is 0 Å². The molecule has 1 aromatic rings. The number of hydrogen-bond donors (Lipinski definition) is 2. The fourth-order valence-electron chi connectivity index (χ4n) is 1.41. The van der Waals surface area contributed by atoms with Gasteiger partial charge in [-0.25, -0.2) is 0 Å². The van der Waals surface area contributed by atoms with Crippen LogP contribution in [0, 0.1) is 13.8 Å². The lowest BCUT2D eigenvalue weighted by atomic mass is 10.0. The molecule has 0 heterocycles. The molecule has 0 saturated carbocycles. The Kier molecular flexibility index (Phi) is 3.72. The number of aryl methyl sites for hydroxylation is 1. The van der Waals surface area contributed by atoms with Gasteiger partial charge in [0, 0.05) is 5.56 Å². The highest BCUT2D eigenvalue weighted by Crippen LogP contribution is 2.32. The number of phenolic OH excluding ortho intramolecular Hbond substituents is 1. The highest BCUT2D eigenvalue weighted by atomic mass is 35.5. The van der Waals surface area contributed by atoms with E-state index in [4.69, 9.17) is 11.6 Å². The van der Waals surface area contributed by atoms with Crippen molar-refractivity contribution in [2.45, 2.75) is 13.8 Å². The van der Waals surface area contributed by atoms with Crippen LogP contribution in [-0.2, 0) is 0 Å². The van der Waals surface area contributed by atoms with Gasteiger partial charge in [0.1, 0.15) is 5.75 Å². The van der Waals surface area contributed by atoms with Crippen LogP contribution in [0.1, 0.15) is 21.5 Å². The zero-order valence-corrected chi connectivity index (χ0v) is 9.77. The Morgan fingerprint density at radius 1 is 1.53 bits per heavy atom. The molecule has 0 spiro atoms. The fourth-order valence-corrected chi connectivity index (χ4v) is 1.66. The van der Waals surface area contributed by atoms with E-state index in [-0.39, 0.29) is 23.1 Å². The average Bonchev–Trinajstić information content (AvgIpc) is 2.20. The first-order valence-electron chi connectivity index (χ1n) is 4.65. The molecule has 0 aliphatic rings. The zero-order chi connectivity index (χ0) is 11.6. The van der Waals surface area contributed by atoms with E-state index >= 15 is 0 Å². The Balaban J connectivity index is 3.26. The van der Waals surface area contributed by atoms with E-state index in [2.05, 4.69) is 5.32 Å². The van der Waals surface area contributed by atoms with Gasteiger partial charge in [0.05, 0.1) is 11.6 Å². The van der Waals surface area contributed by atoms with Gasteiger partial charge in [0.15, 0.2) is 5.78 Å². The summed E-state index contributed by atoms with van der Waals surface area (Å²) in [5.41, 5.74) is 1.80. The fraction of sp³-hybridized carbons (Fsp3) is 0.364. The normalized spacial score (nSPS) is 10.4. The maximum absolute atomic E-state index is 11.7. The molecule has 0 saturated heterocycles. The first-order chi connectivity index (χ1) is 6.99. The number of rotatable bonds is 3. The number of halogens is 1. The second-order valence-electron chi connectivity index (χ2n) is 3.48. The summed E-state index contributed by atoms with van der Waals surface area (Å²) in [6, 6.07) is 1.66. The summed E-state index contributed by atoms with van der Waals surface area (Å²) in [7, 11) is 1.71. The maximum Gasteiger partial charge on any atom is 0.176 e. The maximum atomic E-state index is 11.7. The third kappa shape index (κ3) is 2.30. The van der Waals surface area contributed by atoms with Gasteiger partial charge in [0.25, 0.3) is 0 Å². The topological polar surface area (TPSA) is 49.3 Å². The average molecular weight is 228 g/mol. The summed E-state index contributed by atoms with van der Waals surface area (Å²) in [6.45, 7) is 3.71. The van der Waals surface area contributed by atoms with Crippen molar-refractivity contribution in [3.8, 4) is 5.75 Å². The van der Waals surface area contributed by atoms with Crippen LogP contribution in [0.15, 0.2) is 6.07 Å². The molecule has 1 rings (SSSR count). The van der Waals surface area contributed by atoms with Crippen LogP contribution in [-0.4, -0.2) is 24.5 Å². The Morgan fingerprint density at radius 2 is 2.13 bits per heavy atom. The Morgan fingerprint density at radius 3 is 2.67 bits per heavy atom. The quantitative estimate of drug-likeness (QED) is 0.778. The molecule has 4 heteroatoms. The van der Waals surface area contributed by atoms with Crippen molar-refractivity contribution in [1.29, 1.82) is 0 Å². The van der Waals surface area contributed by atoms with Crippen LogP contribution < -0.4 is 5.32 Å². The first-order valence-corrected chi connectivity index (χ1v) is 5.03. The molecule has 82 valence electrons. The third-order valence-electron chi connectivity index (χ3n) is 2.31. The van der Waals surface area contributed by atoms with Crippen molar-refractivity contribution in [2.75, 3.05) is 13.6 Å². The van der Waals surface area contributed by atoms with Crippen LogP contribution in [0.25, 0.3) is 0 Å². The highest BCUT2D eigenvalue weighted by molar-refractivity contribution is 6.33. The molecule has 0 unspecified atom stereocenters. The number of Topliss-reactive ketones (excluding diaryl/α,β-unsaturated/α-hetero) is 1. The van der Waals surface area contributed by atoms with Crippen LogP contribution in [0.2, 0.25) is 5.02 Å². The monoisotopic (exact) mass is 227 g/mol. The number of phenols is 1. The third-order valence-corrected chi connectivity index (χ3v) is 2.78. The minimum Gasteiger partial charge on any atom is -0.506 e. The van der Waals surface area contributed by atoms with E-state index in [1.54, 1.807) is 27.0 Å². The highest BCUT2D eigenvalue weighted by Gasteiger charge is 2.15. The van der Waals surface area contributed by atoms with Gasteiger partial charge >= 0.3 is 0 Å². The van der Waals surface area contributed by atoms with Gasteiger partial charge in [0.2, 0.25) is 0 Å². The van der Waals surface area contributed by atoms with Crippen molar-refractivity contribution in [3.05, 3.63) is 27.8 Å². The second kappa shape index (κ2) is 4.64. The molecular formula is C11H14ClNO2. The van der Waals surface area contributed by atoms with Gasteiger partial charge < -0.3 is 10.4 Å². The number of ketones is 1. The van der Waals surface area contributed by atoms with Crippen LogP contribution in [0.5, 0.6) is 5.75 Å². The number of likely N-dealkylation sites (N-methyl/N-ethyl adjacent to an activating group) is 1. The van der Waals surface area contributed by atoms with Gasteiger partial charge in [-0.1, -0.05) is 11.6 Å². The molecule has 0 aliphatic carbocycles. The van der Waals surface area contributed by atoms with Gasteiger partial charge in [-0.05, 0) is 38.1 Å². The number of carbonyl (C=O) groups is 1. The molecule has 0 radical (unpaired) electrons. The summed E-state index contributed by atoms with van der Waals surface area (Å²) in [4.78, 5) is 11.7. The van der Waals surface area contributed by atoms with Gasteiger partial charge in [-0.2, -0.15) is 0 Å². The lowest BCUT2D eigenvalue weighted by Crippen LogP contribution is -2.19. The van der Waals surface area contributed by atoms with Crippen LogP contribution in [0.3, 0.4) is 0 Å². The van der Waals surface area contributed by atoms with E-state index in [0.717, 1.165) is 0 Å². The molecule has 0 amide bonds. The van der Waals surface area contributed by atoms with Crippen molar-refractivity contribution >= 4 is 17.4 Å². The summed E-state index contributed by atoms with van der Waals surface area (Å²) in [5, 5.41) is 12.6. The van der Waals surface area contributed by atoms with E-state index in [9.17, 15) is 9.90 Å². The van der Waals surface area contributed by atoms with Crippen LogP contribution >= 0.6 is 11.6 Å². The van der Waals surface area contributed by atoms with Gasteiger partial charge in [-0.3, -0.25) is 4.79 Å². The number of carbonyl (C=O) groups excluding carboxylic acids is 1. The molecule has 3 nitrogen and oxygen atoms in total. The molecule has 2 N–H and O–H groups in total. The molecular weight excluding hydrogens is 214 g/mol. The number of aromatic hydroxyl groups is 1. The predicted octanol–water partition coefficient (Wildman–Crippen LogP) is 2.06. The minimum atomic E-state index is -0.0278. The van der Waals surface area contributed by atoms with Crippen molar-refractivity contribution in [2.24, 2.45) is 0 Å². The SMILES string of the molecule is CNCC(=O)c1cc(C)c(O)c(Cl)c1C. The minimum absolute atomic E-state index is 0.0278. The second-order valence-corrected chi connectivity index (χ2v) is 3.86. The van der Waals surface area contributed by atoms with E-state index < -0.39 is 0 Å². The molecule has 15 heavy (non-hydrogen) atoms. The zero-order valence-electron chi connectivity index (χ0n) is 9.02. The van der Waals surface area contributed by atoms with E-state index in [1.165, 1.54) is 0 Å². The Bertz CT molecular complexity index is 402. The number of benzene rings is 1. The molecule has 0 bridgehead atoms. The molecule has 0 aromatic heterocycles. The number of hydrogen-bond acceptors (Lipinski definition) is 3. The largest absolute Gasteiger partial charge is 0.506 e. The summed E-state index contributed by atoms with van der Waals surface area (Å²) in [5.74, 6) is 0.0233. The Labute approximate surface area is 94.1 Å². The molecule has 0 fully saturated rings. The molecule has 0 aliphatic heterocycles. The Hall–Kier alpha value is -1.06. The van der Waals surface area contributed by atoms with Crippen molar-refractivity contribution in [1.82, 2.24) is 5.32 Å². The summed E-state index contributed by atoms with van der Waals surface area (Å²) < 4.78 is 0. The standard InChI is InChI=1S/C11H14ClNO2/c1-6-4-8(9(14)5-13-3)7(2)10(12)11(6)15/h4,13,15H,5H2,1-3H3. The van der Waals surface area contributed by atoms with Gasteiger partial charge in [-0.15, -0.1) is 0 Å². The van der Waals surface area contributed by atoms with E-state index in [1.807, 2.05) is 0 Å². The molecule has 1 aromatic carbocycles. The number of nitrogens with one attached hydrogen (secondary N) is 1. The predicted molar refractivity (Wildman–Crippen MR) is 60.8 cm³/mol. The lowest BCUT2D eigenvalue weighted by molar-refractivity contribution is 0.0993. The summed E-state index contributed by atoms with van der Waals surface area (Å²) in [6.07, 6.45) is 0. The van der Waals surface area contributed by atoms with Crippen molar-refractivity contribution < 1.29 is 9.90 Å².